The van der Waals surface area contributed by atoms with Gasteiger partial charge in [-0.1, -0.05) is 84.1 Å². The zero-order chi connectivity index (χ0) is 25.3. The molecule has 0 unspecified atom stereocenters. The van der Waals surface area contributed by atoms with Gasteiger partial charge in [-0.05, 0) is 76.0 Å². The number of carbonyl (C=O) groups is 2. The molecular formula is C31H54O4. The molecular weight excluding hydrogens is 436 g/mol. The lowest BCUT2D eigenvalue weighted by atomic mass is 9.68. The molecule has 202 valence electrons. The smallest absolute Gasteiger partial charge is 0.333 e. The van der Waals surface area contributed by atoms with E-state index in [9.17, 15) is 9.59 Å². The Morgan fingerprint density at radius 1 is 0.686 bits per heavy atom. The van der Waals surface area contributed by atoms with Gasteiger partial charge in [-0.15, -0.1) is 0 Å². The Bertz CT molecular complexity index is 597. The van der Waals surface area contributed by atoms with Gasteiger partial charge in [0, 0.05) is 5.57 Å². The van der Waals surface area contributed by atoms with Crippen molar-refractivity contribution in [2.24, 2.45) is 23.7 Å². The van der Waals surface area contributed by atoms with Crippen LogP contribution in [0.25, 0.3) is 0 Å². The fourth-order valence-electron chi connectivity index (χ4n) is 6.12. The second kappa shape index (κ2) is 18.0. The number of esters is 2. The van der Waals surface area contributed by atoms with E-state index in [-0.39, 0.29) is 17.9 Å². The van der Waals surface area contributed by atoms with Gasteiger partial charge in [-0.25, -0.2) is 4.79 Å². The predicted molar refractivity (Wildman–Crippen MR) is 144 cm³/mol. The van der Waals surface area contributed by atoms with Gasteiger partial charge in [0.2, 0.25) is 0 Å². The third-order valence-corrected chi connectivity index (χ3v) is 8.49. The molecule has 0 bridgehead atoms. The van der Waals surface area contributed by atoms with Crippen LogP contribution >= 0.6 is 0 Å². The Labute approximate surface area is 216 Å². The fourth-order valence-corrected chi connectivity index (χ4v) is 6.12. The van der Waals surface area contributed by atoms with Crippen LogP contribution in [0.3, 0.4) is 0 Å². The summed E-state index contributed by atoms with van der Waals surface area (Å²) >= 11 is 0. The lowest BCUT2D eigenvalue weighted by Gasteiger charge is -2.37. The van der Waals surface area contributed by atoms with E-state index < -0.39 is 0 Å². The maximum absolute atomic E-state index is 12.5. The first-order valence-corrected chi connectivity index (χ1v) is 15.0. The SMILES string of the molecule is C=C(C)C(=O)OCCCCCCCOC(=O)C1CCC(C2CCC(CCCCCCC)CC2)CC1. The summed E-state index contributed by atoms with van der Waals surface area (Å²) < 4.78 is 10.7. The summed E-state index contributed by atoms with van der Waals surface area (Å²) in [7, 11) is 0. The predicted octanol–water partition coefficient (Wildman–Crippen LogP) is 8.57. The van der Waals surface area contributed by atoms with Crippen LogP contribution in [0.5, 0.6) is 0 Å². The van der Waals surface area contributed by atoms with Crippen molar-refractivity contribution in [2.45, 2.75) is 136 Å². The van der Waals surface area contributed by atoms with E-state index in [1.165, 1.54) is 77.0 Å². The lowest BCUT2D eigenvalue weighted by molar-refractivity contribution is -0.150. The van der Waals surface area contributed by atoms with Crippen molar-refractivity contribution in [3.05, 3.63) is 12.2 Å². The molecule has 0 aliphatic heterocycles. The van der Waals surface area contributed by atoms with Crippen LogP contribution in [0.15, 0.2) is 12.2 Å². The average Bonchev–Trinajstić information content (AvgIpc) is 2.87. The van der Waals surface area contributed by atoms with Crippen LogP contribution in [-0.2, 0) is 19.1 Å². The number of carbonyl (C=O) groups excluding carboxylic acids is 2. The van der Waals surface area contributed by atoms with Gasteiger partial charge in [0.1, 0.15) is 0 Å². The highest BCUT2D eigenvalue weighted by atomic mass is 16.5. The molecule has 4 heteroatoms. The minimum Gasteiger partial charge on any atom is -0.465 e. The highest BCUT2D eigenvalue weighted by Gasteiger charge is 2.33. The third kappa shape index (κ3) is 12.5. The van der Waals surface area contributed by atoms with Crippen LogP contribution in [0.4, 0.5) is 0 Å². The molecule has 35 heavy (non-hydrogen) atoms. The van der Waals surface area contributed by atoms with Gasteiger partial charge in [0.25, 0.3) is 0 Å². The van der Waals surface area contributed by atoms with E-state index in [1.807, 2.05) is 0 Å². The molecule has 2 aliphatic carbocycles. The van der Waals surface area contributed by atoms with Gasteiger partial charge in [0.15, 0.2) is 0 Å². The topological polar surface area (TPSA) is 52.6 Å². The van der Waals surface area contributed by atoms with Crippen LogP contribution in [0.2, 0.25) is 0 Å². The molecule has 0 aromatic heterocycles. The summed E-state index contributed by atoms with van der Waals surface area (Å²) in [5, 5.41) is 0. The number of ether oxygens (including phenoxy) is 2. The van der Waals surface area contributed by atoms with Crippen LogP contribution in [0, 0.1) is 23.7 Å². The summed E-state index contributed by atoms with van der Waals surface area (Å²) in [6.07, 6.45) is 23.7. The summed E-state index contributed by atoms with van der Waals surface area (Å²) in [4.78, 5) is 23.8. The fraction of sp³-hybridized carbons (Fsp3) is 0.871. The number of hydrogen-bond acceptors (Lipinski definition) is 4. The van der Waals surface area contributed by atoms with Crippen molar-refractivity contribution in [1.29, 1.82) is 0 Å². The molecule has 0 heterocycles. The summed E-state index contributed by atoms with van der Waals surface area (Å²) in [5.74, 6) is 2.61. The molecule has 2 aliphatic rings. The third-order valence-electron chi connectivity index (χ3n) is 8.49. The quantitative estimate of drug-likeness (QED) is 0.116. The Balaban J connectivity index is 1.45. The van der Waals surface area contributed by atoms with Crippen LogP contribution in [-0.4, -0.2) is 25.2 Å². The van der Waals surface area contributed by atoms with Crippen molar-refractivity contribution in [3.8, 4) is 0 Å². The molecule has 0 aromatic carbocycles. The number of unbranched alkanes of at least 4 members (excludes halogenated alkanes) is 8. The molecule has 0 amide bonds. The zero-order valence-electron chi connectivity index (χ0n) is 23.0. The van der Waals surface area contributed by atoms with Crippen molar-refractivity contribution in [2.75, 3.05) is 13.2 Å². The minimum absolute atomic E-state index is 0.0435. The number of hydrogen-bond donors (Lipinski definition) is 0. The van der Waals surface area contributed by atoms with Gasteiger partial charge in [-0.2, -0.15) is 0 Å². The van der Waals surface area contributed by atoms with E-state index in [4.69, 9.17) is 9.47 Å². The second-order valence-corrected chi connectivity index (χ2v) is 11.4. The lowest BCUT2D eigenvalue weighted by Crippen LogP contribution is -2.29. The first-order chi connectivity index (χ1) is 17.0. The van der Waals surface area contributed by atoms with Crippen molar-refractivity contribution in [3.63, 3.8) is 0 Å². The Morgan fingerprint density at radius 3 is 1.80 bits per heavy atom. The molecule has 2 fully saturated rings. The van der Waals surface area contributed by atoms with E-state index in [0.29, 0.717) is 18.8 Å². The van der Waals surface area contributed by atoms with Gasteiger partial charge >= 0.3 is 11.9 Å². The Hall–Kier alpha value is -1.32. The van der Waals surface area contributed by atoms with E-state index in [0.717, 1.165) is 62.7 Å². The molecule has 4 nitrogen and oxygen atoms in total. The van der Waals surface area contributed by atoms with Crippen LogP contribution < -0.4 is 0 Å². The molecule has 0 spiro atoms. The molecule has 0 radical (unpaired) electrons. The van der Waals surface area contributed by atoms with E-state index in [1.54, 1.807) is 6.92 Å². The Morgan fingerprint density at radius 2 is 1.20 bits per heavy atom. The zero-order valence-corrected chi connectivity index (χ0v) is 23.0. The molecule has 2 saturated carbocycles. The summed E-state index contributed by atoms with van der Waals surface area (Å²) in [6, 6.07) is 0. The first-order valence-electron chi connectivity index (χ1n) is 15.0. The maximum Gasteiger partial charge on any atom is 0.333 e. The molecule has 0 atom stereocenters. The van der Waals surface area contributed by atoms with Gasteiger partial charge < -0.3 is 9.47 Å². The second-order valence-electron chi connectivity index (χ2n) is 11.4. The first kappa shape index (κ1) is 29.9. The number of rotatable bonds is 17. The normalized spacial score (nSPS) is 24.6. The monoisotopic (exact) mass is 490 g/mol. The average molecular weight is 491 g/mol. The van der Waals surface area contributed by atoms with Crippen molar-refractivity contribution < 1.29 is 19.1 Å². The summed E-state index contributed by atoms with van der Waals surface area (Å²) in [5.41, 5.74) is 0.450. The molecule has 0 saturated heterocycles. The standard InChI is InChI=1S/C31H54O4/c1-4-5-6-8-11-14-26-15-17-27(18-16-26)28-19-21-29(22-20-28)31(33)35-24-13-10-7-9-12-23-34-30(32)25(2)3/h26-29H,2,4-24H2,1,3H3. The largest absolute Gasteiger partial charge is 0.465 e. The van der Waals surface area contributed by atoms with Gasteiger partial charge in [-0.3, -0.25) is 4.79 Å². The molecule has 2 rings (SSSR count). The van der Waals surface area contributed by atoms with Crippen molar-refractivity contribution >= 4 is 11.9 Å². The highest BCUT2D eigenvalue weighted by molar-refractivity contribution is 5.86. The summed E-state index contributed by atoms with van der Waals surface area (Å²) in [6.45, 7) is 8.54. The molecule has 0 N–H and O–H groups in total. The van der Waals surface area contributed by atoms with Crippen molar-refractivity contribution in [1.82, 2.24) is 0 Å². The Kier molecular flexibility index (Phi) is 15.4. The van der Waals surface area contributed by atoms with Gasteiger partial charge in [0.05, 0.1) is 19.1 Å². The maximum atomic E-state index is 12.5. The molecule has 0 aromatic rings. The van der Waals surface area contributed by atoms with E-state index >= 15 is 0 Å². The minimum atomic E-state index is -0.304. The van der Waals surface area contributed by atoms with Crippen LogP contribution in [0.1, 0.15) is 136 Å². The van der Waals surface area contributed by atoms with E-state index in [2.05, 4.69) is 13.5 Å². The highest BCUT2D eigenvalue weighted by Crippen LogP contribution is 2.42.